The zero-order valence-electron chi connectivity index (χ0n) is 16.3. The van der Waals surface area contributed by atoms with Gasteiger partial charge in [-0.15, -0.1) is 0 Å². The molecule has 0 fully saturated rings. The van der Waals surface area contributed by atoms with Gasteiger partial charge in [0.1, 0.15) is 18.2 Å². The average molecular weight is 423 g/mol. The van der Waals surface area contributed by atoms with Gasteiger partial charge in [0.15, 0.2) is 0 Å². The van der Waals surface area contributed by atoms with Crippen LogP contribution < -0.4 is 5.32 Å². The Hall–Kier alpha value is -3.74. The fourth-order valence-corrected chi connectivity index (χ4v) is 3.98. The second-order valence-corrected chi connectivity index (χ2v) is 7.29. The predicted octanol–water partition coefficient (Wildman–Crippen LogP) is 5.02. The Balaban J connectivity index is 1.50. The van der Waals surface area contributed by atoms with Crippen LogP contribution in [0, 0.1) is 11.6 Å². The lowest BCUT2D eigenvalue weighted by Gasteiger charge is -2.19. The summed E-state index contributed by atoms with van der Waals surface area (Å²) in [6.45, 7) is 0.0333. The Labute approximate surface area is 177 Å². The van der Waals surface area contributed by atoms with Crippen molar-refractivity contribution >= 4 is 12.1 Å². The maximum Gasteiger partial charge on any atom is 0.407 e. The number of amides is 1. The monoisotopic (exact) mass is 423 g/mol. The minimum atomic E-state index is -1.24. The summed E-state index contributed by atoms with van der Waals surface area (Å²) < 4.78 is 32.7. The Bertz CT molecular complexity index is 1100. The molecule has 3 aromatic rings. The van der Waals surface area contributed by atoms with Crippen LogP contribution in [-0.2, 0) is 9.53 Å². The number of hydrogen-bond acceptors (Lipinski definition) is 3. The van der Waals surface area contributed by atoms with Gasteiger partial charge >= 0.3 is 12.1 Å². The maximum atomic E-state index is 14.1. The third-order valence-electron chi connectivity index (χ3n) is 5.35. The minimum absolute atomic E-state index is 0.0333. The van der Waals surface area contributed by atoms with Crippen molar-refractivity contribution in [1.29, 1.82) is 0 Å². The fraction of sp³-hybridized carbons (Fsp3) is 0.167. The van der Waals surface area contributed by atoms with Gasteiger partial charge in [0.25, 0.3) is 0 Å². The molecule has 2 N–H and O–H groups in total. The van der Waals surface area contributed by atoms with E-state index in [4.69, 9.17) is 9.84 Å². The number of ether oxygens (including phenoxy) is 1. The van der Waals surface area contributed by atoms with Gasteiger partial charge in [-0.25, -0.2) is 13.6 Å². The molecule has 1 atom stereocenters. The highest BCUT2D eigenvalue weighted by molar-refractivity contribution is 5.79. The summed E-state index contributed by atoms with van der Waals surface area (Å²) in [7, 11) is 0. The van der Waals surface area contributed by atoms with Crippen LogP contribution in [0.2, 0.25) is 0 Å². The SMILES string of the molecule is O=C(O)CC(NC(=O)OCC1c2ccccc2-c2ccccc21)c1ccc(F)cc1F. The Morgan fingerprint density at radius 3 is 2.16 bits per heavy atom. The highest BCUT2D eigenvalue weighted by atomic mass is 19.1. The number of hydrogen-bond donors (Lipinski definition) is 2. The molecular weight excluding hydrogens is 404 g/mol. The van der Waals surface area contributed by atoms with E-state index < -0.39 is 36.2 Å². The number of rotatable bonds is 6. The van der Waals surface area contributed by atoms with E-state index in [0.29, 0.717) is 6.07 Å². The summed E-state index contributed by atoms with van der Waals surface area (Å²) in [6.07, 6.45) is -1.45. The molecule has 0 aromatic heterocycles. The van der Waals surface area contributed by atoms with E-state index in [0.717, 1.165) is 34.4 Å². The van der Waals surface area contributed by atoms with Gasteiger partial charge in [-0.1, -0.05) is 54.6 Å². The molecule has 0 radical (unpaired) electrons. The Morgan fingerprint density at radius 1 is 0.968 bits per heavy atom. The van der Waals surface area contributed by atoms with Crippen LogP contribution in [0.1, 0.15) is 35.1 Å². The van der Waals surface area contributed by atoms with E-state index >= 15 is 0 Å². The average Bonchev–Trinajstić information content (AvgIpc) is 3.05. The van der Waals surface area contributed by atoms with E-state index in [1.807, 2.05) is 48.5 Å². The van der Waals surface area contributed by atoms with Crippen molar-refractivity contribution in [2.24, 2.45) is 0 Å². The van der Waals surface area contributed by atoms with Gasteiger partial charge in [0.2, 0.25) is 0 Å². The zero-order valence-corrected chi connectivity index (χ0v) is 16.3. The van der Waals surface area contributed by atoms with Gasteiger partial charge in [-0.3, -0.25) is 4.79 Å². The summed E-state index contributed by atoms with van der Waals surface area (Å²) in [5.41, 5.74) is 4.08. The third kappa shape index (κ3) is 4.26. The van der Waals surface area contributed by atoms with Crippen LogP contribution in [-0.4, -0.2) is 23.8 Å². The van der Waals surface area contributed by atoms with Gasteiger partial charge in [0, 0.05) is 17.5 Å². The number of nitrogens with one attached hydrogen (secondary N) is 1. The second kappa shape index (κ2) is 8.55. The molecular formula is C24H19F2NO4. The molecule has 0 heterocycles. The highest BCUT2D eigenvalue weighted by Crippen LogP contribution is 2.44. The lowest BCUT2D eigenvalue weighted by Crippen LogP contribution is -2.32. The topological polar surface area (TPSA) is 75.6 Å². The first-order valence-corrected chi connectivity index (χ1v) is 9.72. The molecule has 0 spiro atoms. The van der Waals surface area contributed by atoms with Crippen LogP contribution >= 0.6 is 0 Å². The van der Waals surface area contributed by atoms with Crippen molar-refractivity contribution in [3.63, 3.8) is 0 Å². The largest absolute Gasteiger partial charge is 0.481 e. The first-order chi connectivity index (χ1) is 14.9. The second-order valence-electron chi connectivity index (χ2n) is 7.29. The lowest BCUT2D eigenvalue weighted by atomic mass is 9.98. The molecule has 31 heavy (non-hydrogen) atoms. The van der Waals surface area contributed by atoms with E-state index in [-0.39, 0.29) is 18.1 Å². The molecule has 1 aliphatic rings. The lowest BCUT2D eigenvalue weighted by molar-refractivity contribution is -0.137. The van der Waals surface area contributed by atoms with Crippen molar-refractivity contribution in [2.75, 3.05) is 6.61 Å². The molecule has 1 amide bonds. The van der Waals surface area contributed by atoms with Crippen LogP contribution in [0.15, 0.2) is 66.7 Å². The normalized spacial score (nSPS) is 13.2. The molecule has 158 valence electrons. The van der Waals surface area contributed by atoms with Crippen molar-refractivity contribution < 1.29 is 28.2 Å². The molecule has 1 aliphatic carbocycles. The predicted molar refractivity (Wildman–Crippen MR) is 110 cm³/mol. The smallest absolute Gasteiger partial charge is 0.407 e. The number of aliphatic carboxylic acids is 1. The number of carboxylic acid groups (broad SMARTS) is 1. The van der Waals surface area contributed by atoms with E-state index in [1.165, 1.54) is 0 Å². The molecule has 1 unspecified atom stereocenters. The Kier molecular flexibility index (Phi) is 5.66. The summed E-state index contributed by atoms with van der Waals surface area (Å²) >= 11 is 0. The zero-order chi connectivity index (χ0) is 22.0. The number of halogens is 2. The van der Waals surface area contributed by atoms with Gasteiger partial charge in [0.05, 0.1) is 12.5 Å². The minimum Gasteiger partial charge on any atom is -0.481 e. The molecule has 3 aromatic carbocycles. The first kappa shape index (κ1) is 20.5. The first-order valence-electron chi connectivity index (χ1n) is 9.72. The standard InChI is InChI=1S/C24H19F2NO4/c25-14-9-10-19(21(26)11-14)22(12-23(28)29)27-24(30)31-13-20-17-7-3-1-5-15(17)16-6-2-4-8-18(16)20/h1-11,20,22H,12-13H2,(H,27,30)(H,28,29). The Morgan fingerprint density at radius 2 is 1.58 bits per heavy atom. The summed E-state index contributed by atoms with van der Waals surface area (Å²) in [4.78, 5) is 23.6. The van der Waals surface area contributed by atoms with Gasteiger partial charge in [-0.2, -0.15) is 0 Å². The van der Waals surface area contributed by atoms with Gasteiger partial charge in [-0.05, 0) is 28.3 Å². The molecule has 0 saturated heterocycles. The molecule has 0 bridgehead atoms. The number of carboxylic acids is 1. The number of benzene rings is 3. The number of carbonyl (C=O) groups excluding carboxylic acids is 1. The third-order valence-corrected chi connectivity index (χ3v) is 5.35. The molecule has 0 aliphatic heterocycles. The van der Waals surface area contributed by atoms with Crippen molar-refractivity contribution in [3.8, 4) is 11.1 Å². The summed E-state index contributed by atoms with van der Waals surface area (Å²) in [5.74, 6) is -3.15. The quantitative estimate of drug-likeness (QED) is 0.584. The highest BCUT2D eigenvalue weighted by Gasteiger charge is 2.29. The van der Waals surface area contributed by atoms with E-state index in [2.05, 4.69) is 5.32 Å². The van der Waals surface area contributed by atoms with Crippen LogP contribution in [0.3, 0.4) is 0 Å². The van der Waals surface area contributed by atoms with Crippen LogP contribution in [0.4, 0.5) is 13.6 Å². The fourth-order valence-electron chi connectivity index (χ4n) is 3.98. The molecule has 4 rings (SSSR count). The van der Waals surface area contributed by atoms with Crippen LogP contribution in [0.25, 0.3) is 11.1 Å². The van der Waals surface area contributed by atoms with E-state index in [9.17, 15) is 18.4 Å². The molecule has 5 nitrogen and oxygen atoms in total. The summed E-state index contributed by atoms with van der Waals surface area (Å²) in [6, 6.07) is 17.2. The van der Waals surface area contributed by atoms with Crippen LogP contribution in [0.5, 0.6) is 0 Å². The maximum absolute atomic E-state index is 14.1. The summed E-state index contributed by atoms with van der Waals surface area (Å²) in [5, 5.41) is 11.5. The van der Waals surface area contributed by atoms with Crippen molar-refractivity contribution in [3.05, 3.63) is 95.1 Å². The van der Waals surface area contributed by atoms with E-state index in [1.54, 1.807) is 0 Å². The van der Waals surface area contributed by atoms with Crippen molar-refractivity contribution in [1.82, 2.24) is 5.32 Å². The molecule has 0 saturated carbocycles. The number of fused-ring (bicyclic) bond motifs is 3. The number of alkyl carbamates (subject to hydrolysis) is 1. The van der Waals surface area contributed by atoms with Gasteiger partial charge < -0.3 is 15.2 Å². The molecule has 7 heteroatoms. The van der Waals surface area contributed by atoms with Crippen molar-refractivity contribution in [2.45, 2.75) is 18.4 Å². The number of carbonyl (C=O) groups is 2.